The zero-order valence-corrected chi connectivity index (χ0v) is 27.4. The predicted molar refractivity (Wildman–Crippen MR) is 180 cm³/mol. The lowest BCUT2D eigenvalue weighted by Gasteiger charge is -2.34. The van der Waals surface area contributed by atoms with Crippen LogP contribution in [0.15, 0.2) is 108 Å². The number of rotatable bonds is 14. The number of anilines is 1. The molecule has 4 aromatic carbocycles. The molecule has 236 valence electrons. The number of unbranched alkanes of at least 4 members (excludes halogenated alkanes) is 1. The fourth-order valence-electron chi connectivity index (χ4n) is 5.10. The standard InChI is InChI=1S/C37H43N3O4S/c1-5-6-23-38-37(42)35(25-31-12-8-7-9-13-31)39(26-32-19-15-28(2)16-20-32)36(41)27-40(33-14-10-11-30(4)24-33)45(43,44)34-21-17-29(3)18-22-34/h7-22,24,35H,5-6,23,25-27H2,1-4H3,(H,38,42)/t35-/m1/s1. The Morgan fingerprint density at radius 2 is 1.40 bits per heavy atom. The van der Waals surface area contributed by atoms with Crippen molar-refractivity contribution in [2.45, 2.75) is 64.4 Å². The normalized spacial score (nSPS) is 11.9. The van der Waals surface area contributed by atoms with Crippen molar-refractivity contribution in [2.24, 2.45) is 0 Å². The summed E-state index contributed by atoms with van der Waals surface area (Å²) in [6.07, 6.45) is 2.01. The fourth-order valence-corrected chi connectivity index (χ4v) is 6.51. The molecule has 0 heterocycles. The molecular formula is C37H43N3O4S. The molecule has 7 nitrogen and oxygen atoms in total. The van der Waals surface area contributed by atoms with Crippen LogP contribution in [0.3, 0.4) is 0 Å². The van der Waals surface area contributed by atoms with Crippen LogP contribution in [0, 0.1) is 20.8 Å². The zero-order chi connectivity index (χ0) is 32.4. The van der Waals surface area contributed by atoms with Crippen LogP contribution >= 0.6 is 0 Å². The van der Waals surface area contributed by atoms with Gasteiger partial charge in [0.15, 0.2) is 0 Å². The minimum atomic E-state index is -4.13. The van der Waals surface area contributed by atoms with Gasteiger partial charge < -0.3 is 10.2 Å². The van der Waals surface area contributed by atoms with Crippen molar-refractivity contribution in [1.29, 1.82) is 0 Å². The van der Waals surface area contributed by atoms with Crippen LogP contribution in [0.25, 0.3) is 0 Å². The lowest BCUT2D eigenvalue weighted by Crippen LogP contribution is -2.53. The molecule has 1 N–H and O–H groups in total. The predicted octanol–water partition coefficient (Wildman–Crippen LogP) is 6.36. The van der Waals surface area contributed by atoms with Crippen LogP contribution in [-0.4, -0.2) is 44.3 Å². The van der Waals surface area contributed by atoms with Gasteiger partial charge in [-0.2, -0.15) is 0 Å². The van der Waals surface area contributed by atoms with Crippen molar-refractivity contribution in [1.82, 2.24) is 10.2 Å². The van der Waals surface area contributed by atoms with Gasteiger partial charge in [0, 0.05) is 19.5 Å². The number of nitrogens with one attached hydrogen (secondary N) is 1. The first-order valence-electron chi connectivity index (χ1n) is 15.4. The number of carbonyl (C=O) groups excluding carboxylic acids is 2. The Kier molecular flexibility index (Phi) is 11.5. The lowest BCUT2D eigenvalue weighted by atomic mass is 10.0. The quantitative estimate of drug-likeness (QED) is 0.165. The first-order valence-corrected chi connectivity index (χ1v) is 16.8. The van der Waals surface area contributed by atoms with Crippen LogP contribution in [0.4, 0.5) is 5.69 Å². The monoisotopic (exact) mass is 625 g/mol. The maximum Gasteiger partial charge on any atom is 0.264 e. The molecule has 0 bridgehead atoms. The number of aryl methyl sites for hydroxylation is 3. The third-order valence-electron chi connectivity index (χ3n) is 7.75. The van der Waals surface area contributed by atoms with E-state index in [1.165, 1.54) is 4.90 Å². The minimum absolute atomic E-state index is 0.0886. The van der Waals surface area contributed by atoms with Gasteiger partial charge >= 0.3 is 0 Å². The lowest BCUT2D eigenvalue weighted by molar-refractivity contribution is -0.140. The third kappa shape index (κ3) is 9.05. The van der Waals surface area contributed by atoms with Crippen LogP contribution in [-0.2, 0) is 32.6 Å². The molecule has 0 spiro atoms. The van der Waals surface area contributed by atoms with Crippen molar-refractivity contribution < 1.29 is 18.0 Å². The molecule has 45 heavy (non-hydrogen) atoms. The number of nitrogens with zero attached hydrogens (tertiary/aromatic N) is 2. The molecule has 0 aromatic heterocycles. The Morgan fingerprint density at radius 1 is 0.756 bits per heavy atom. The second-order valence-electron chi connectivity index (χ2n) is 11.5. The smallest absolute Gasteiger partial charge is 0.264 e. The molecule has 8 heteroatoms. The van der Waals surface area contributed by atoms with Crippen molar-refractivity contribution in [2.75, 3.05) is 17.4 Å². The van der Waals surface area contributed by atoms with Gasteiger partial charge in [-0.3, -0.25) is 13.9 Å². The van der Waals surface area contributed by atoms with E-state index in [1.807, 2.05) is 81.4 Å². The molecule has 2 amide bonds. The largest absolute Gasteiger partial charge is 0.354 e. The third-order valence-corrected chi connectivity index (χ3v) is 9.54. The van der Waals surface area contributed by atoms with Gasteiger partial charge in [0.25, 0.3) is 10.0 Å². The summed E-state index contributed by atoms with van der Waals surface area (Å²) in [5.74, 6) is -0.740. The first-order chi connectivity index (χ1) is 21.6. The molecule has 0 saturated carbocycles. The van der Waals surface area contributed by atoms with Gasteiger partial charge in [-0.05, 0) is 68.1 Å². The first kappa shape index (κ1) is 33.5. The van der Waals surface area contributed by atoms with E-state index in [2.05, 4.69) is 12.2 Å². The summed E-state index contributed by atoms with van der Waals surface area (Å²) in [5, 5.41) is 3.02. The molecule has 0 aliphatic carbocycles. The van der Waals surface area contributed by atoms with Crippen LogP contribution in [0.2, 0.25) is 0 Å². The van der Waals surface area contributed by atoms with E-state index in [0.717, 1.165) is 45.0 Å². The van der Waals surface area contributed by atoms with E-state index < -0.39 is 28.5 Å². The Morgan fingerprint density at radius 3 is 2.02 bits per heavy atom. The van der Waals surface area contributed by atoms with Gasteiger partial charge in [-0.1, -0.05) is 103 Å². The average Bonchev–Trinajstić information content (AvgIpc) is 3.03. The number of carbonyl (C=O) groups is 2. The molecule has 0 fully saturated rings. The van der Waals surface area contributed by atoms with Crippen LogP contribution in [0.1, 0.15) is 47.6 Å². The number of sulfonamides is 1. The SMILES string of the molecule is CCCCNC(=O)[C@@H](Cc1ccccc1)N(Cc1ccc(C)cc1)C(=O)CN(c1cccc(C)c1)S(=O)(=O)c1ccc(C)cc1. The summed E-state index contributed by atoms with van der Waals surface area (Å²) in [6.45, 7) is 7.96. The average molecular weight is 626 g/mol. The Bertz CT molecular complexity index is 1670. The number of amides is 2. The van der Waals surface area contributed by atoms with Crippen molar-refractivity contribution in [3.05, 3.63) is 131 Å². The second kappa shape index (κ2) is 15.5. The molecule has 4 aromatic rings. The summed E-state index contributed by atoms with van der Waals surface area (Å²) in [6, 6.07) is 30.2. The number of hydrogen-bond donors (Lipinski definition) is 1. The fraction of sp³-hybridized carbons (Fsp3) is 0.297. The summed E-state index contributed by atoms with van der Waals surface area (Å²) in [4.78, 5) is 30.0. The molecule has 1 atom stereocenters. The highest BCUT2D eigenvalue weighted by Gasteiger charge is 2.34. The van der Waals surface area contributed by atoms with Gasteiger partial charge in [-0.25, -0.2) is 8.42 Å². The molecular weight excluding hydrogens is 582 g/mol. The van der Waals surface area contributed by atoms with Crippen molar-refractivity contribution >= 4 is 27.5 Å². The molecule has 0 saturated heterocycles. The van der Waals surface area contributed by atoms with E-state index in [9.17, 15) is 18.0 Å². The molecule has 0 aliphatic heterocycles. The Hall–Kier alpha value is -4.43. The highest BCUT2D eigenvalue weighted by Crippen LogP contribution is 2.26. The summed E-state index contributed by atoms with van der Waals surface area (Å²) in [7, 11) is -4.13. The van der Waals surface area contributed by atoms with E-state index in [1.54, 1.807) is 42.5 Å². The van der Waals surface area contributed by atoms with Crippen LogP contribution < -0.4 is 9.62 Å². The molecule has 0 aliphatic rings. The second-order valence-corrected chi connectivity index (χ2v) is 13.4. The van der Waals surface area contributed by atoms with Gasteiger partial charge in [0.2, 0.25) is 11.8 Å². The van der Waals surface area contributed by atoms with E-state index >= 15 is 0 Å². The van der Waals surface area contributed by atoms with E-state index in [0.29, 0.717) is 12.2 Å². The zero-order valence-electron chi connectivity index (χ0n) is 26.6. The summed E-state index contributed by atoms with van der Waals surface area (Å²) in [5.41, 5.74) is 4.98. The summed E-state index contributed by atoms with van der Waals surface area (Å²) >= 11 is 0. The highest BCUT2D eigenvalue weighted by atomic mass is 32.2. The molecule has 4 rings (SSSR count). The molecule has 0 unspecified atom stereocenters. The van der Waals surface area contributed by atoms with E-state index in [-0.39, 0.29) is 23.8 Å². The van der Waals surface area contributed by atoms with Gasteiger partial charge in [-0.15, -0.1) is 0 Å². The van der Waals surface area contributed by atoms with E-state index in [4.69, 9.17) is 0 Å². The van der Waals surface area contributed by atoms with Gasteiger partial charge in [0.05, 0.1) is 10.6 Å². The maximum absolute atomic E-state index is 14.5. The van der Waals surface area contributed by atoms with Crippen molar-refractivity contribution in [3.63, 3.8) is 0 Å². The van der Waals surface area contributed by atoms with Crippen molar-refractivity contribution in [3.8, 4) is 0 Å². The Balaban J connectivity index is 1.78. The van der Waals surface area contributed by atoms with Crippen LogP contribution in [0.5, 0.6) is 0 Å². The molecule has 0 radical (unpaired) electrons. The number of benzene rings is 4. The maximum atomic E-state index is 14.5. The summed E-state index contributed by atoms with van der Waals surface area (Å²) < 4.78 is 29.5. The van der Waals surface area contributed by atoms with Gasteiger partial charge in [0.1, 0.15) is 12.6 Å². The highest BCUT2D eigenvalue weighted by molar-refractivity contribution is 7.92. The minimum Gasteiger partial charge on any atom is -0.354 e. The Labute approximate surface area is 268 Å². The topological polar surface area (TPSA) is 86.8 Å². The number of hydrogen-bond acceptors (Lipinski definition) is 4.